The van der Waals surface area contributed by atoms with Gasteiger partial charge in [-0.1, -0.05) is 11.6 Å². The van der Waals surface area contributed by atoms with Crippen LogP contribution in [0.15, 0.2) is 23.0 Å². The molecule has 3 aromatic rings. The second-order valence-corrected chi connectivity index (χ2v) is 9.73. The van der Waals surface area contributed by atoms with Crippen molar-refractivity contribution in [3.05, 3.63) is 51.1 Å². The summed E-state index contributed by atoms with van der Waals surface area (Å²) in [5, 5.41) is 13.8. The van der Waals surface area contributed by atoms with E-state index in [2.05, 4.69) is 66.4 Å². The third-order valence-electron chi connectivity index (χ3n) is 6.17. The summed E-state index contributed by atoms with van der Waals surface area (Å²) in [4.78, 5) is 17.9. The Morgan fingerprint density at radius 2 is 1.77 bits per heavy atom. The molecular formula is C23H33N6O+. The SMILES string of the molecule is Cc1cc(C)c2[nH]c(=O)c([C@@H](c3nnnn3C(C)(C)C)[NH+]3CCCCCC3)cc2c1. The van der Waals surface area contributed by atoms with Crippen LogP contribution in [-0.4, -0.2) is 38.3 Å². The number of pyridine rings is 1. The number of tetrazole rings is 1. The van der Waals surface area contributed by atoms with Crippen molar-refractivity contribution in [3.63, 3.8) is 0 Å². The number of aryl methyl sites for hydroxylation is 2. The second kappa shape index (κ2) is 7.95. The van der Waals surface area contributed by atoms with Crippen LogP contribution in [0.3, 0.4) is 0 Å². The molecule has 4 rings (SSSR count). The van der Waals surface area contributed by atoms with Gasteiger partial charge in [0.1, 0.15) is 0 Å². The molecule has 2 N–H and O–H groups in total. The van der Waals surface area contributed by atoms with Crippen molar-refractivity contribution >= 4 is 10.9 Å². The van der Waals surface area contributed by atoms with E-state index in [1.165, 1.54) is 23.3 Å². The minimum absolute atomic E-state index is 0.0420. The molecule has 7 nitrogen and oxygen atoms in total. The van der Waals surface area contributed by atoms with Crippen molar-refractivity contribution in [3.8, 4) is 0 Å². The lowest BCUT2D eigenvalue weighted by Gasteiger charge is -2.29. The first kappa shape index (κ1) is 20.7. The largest absolute Gasteiger partial charge is 0.322 e. The van der Waals surface area contributed by atoms with Crippen LogP contribution >= 0.6 is 0 Å². The molecule has 3 heterocycles. The van der Waals surface area contributed by atoms with Gasteiger partial charge in [-0.3, -0.25) is 4.79 Å². The Morgan fingerprint density at radius 3 is 2.43 bits per heavy atom. The molecule has 2 aromatic heterocycles. The zero-order valence-electron chi connectivity index (χ0n) is 18.7. The van der Waals surface area contributed by atoms with Crippen molar-refractivity contribution in [1.82, 2.24) is 25.2 Å². The minimum atomic E-state index is -0.265. The number of benzene rings is 1. The Bertz CT molecular complexity index is 1100. The summed E-state index contributed by atoms with van der Waals surface area (Å²) < 4.78 is 1.89. The molecule has 0 saturated carbocycles. The Kier molecular flexibility index (Phi) is 5.49. The molecule has 1 aromatic carbocycles. The van der Waals surface area contributed by atoms with Gasteiger partial charge in [0.05, 0.1) is 29.7 Å². The maximum atomic E-state index is 13.3. The van der Waals surface area contributed by atoms with Crippen molar-refractivity contribution < 1.29 is 4.90 Å². The van der Waals surface area contributed by atoms with Gasteiger partial charge in [0, 0.05) is 0 Å². The Hall–Kier alpha value is -2.54. The van der Waals surface area contributed by atoms with E-state index in [4.69, 9.17) is 0 Å². The number of rotatable bonds is 3. The Balaban J connectivity index is 1.93. The van der Waals surface area contributed by atoms with Gasteiger partial charge in [-0.2, -0.15) is 0 Å². The van der Waals surface area contributed by atoms with E-state index in [1.54, 1.807) is 0 Å². The third-order valence-corrected chi connectivity index (χ3v) is 6.17. The molecule has 1 fully saturated rings. The molecule has 1 aliphatic rings. The van der Waals surface area contributed by atoms with Crippen LogP contribution < -0.4 is 10.5 Å². The molecule has 0 radical (unpaired) electrons. The highest BCUT2D eigenvalue weighted by molar-refractivity contribution is 5.83. The lowest BCUT2D eigenvalue weighted by atomic mass is 9.99. The van der Waals surface area contributed by atoms with Gasteiger partial charge in [0.15, 0.2) is 6.04 Å². The monoisotopic (exact) mass is 409 g/mol. The first-order valence-electron chi connectivity index (χ1n) is 11.0. The van der Waals surface area contributed by atoms with Gasteiger partial charge in [0.25, 0.3) is 5.56 Å². The molecule has 0 bridgehead atoms. The Labute approximate surface area is 177 Å². The van der Waals surface area contributed by atoms with Crippen LogP contribution in [0.5, 0.6) is 0 Å². The summed E-state index contributed by atoms with van der Waals surface area (Å²) in [5.41, 5.74) is 3.64. The van der Waals surface area contributed by atoms with Crippen molar-refractivity contribution in [2.24, 2.45) is 0 Å². The fourth-order valence-electron chi connectivity index (χ4n) is 4.78. The van der Waals surface area contributed by atoms with Crippen LogP contribution in [0.2, 0.25) is 0 Å². The zero-order chi connectivity index (χ0) is 21.5. The number of nitrogens with zero attached hydrogens (tertiary/aromatic N) is 4. The molecule has 0 amide bonds. The highest BCUT2D eigenvalue weighted by atomic mass is 16.1. The number of H-pyrrole nitrogens is 1. The molecule has 0 aliphatic carbocycles. The van der Waals surface area contributed by atoms with Gasteiger partial charge >= 0.3 is 0 Å². The summed E-state index contributed by atoms with van der Waals surface area (Å²) in [6, 6.07) is 6.13. The highest BCUT2D eigenvalue weighted by Gasteiger charge is 2.36. The number of hydrogen-bond donors (Lipinski definition) is 2. The normalized spacial score (nSPS) is 17.2. The molecule has 0 spiro atoms. The second-order valence-electron chi connectivity index (χ2n) is 9.73. The molecule has 1 aliphatic heterocycles. The van der Waals surface area contributed by atoms with Crippen LogP contribution in [0, 0.1) is 13.8 Å². The van der Waals surface area contributed by atoms with Crippen LogP contribution in [0.25, 0.3) is 10.9 Å². The molecule has 30 heavy (non-hydrogen) atoms. The van der Waals surface area contributed by atoms with Crippen LogP contribution in [0.4, 0.5) is 0 Å². The van der Waals surface area contributed by atoms with Gasteiger partial charge in [-0.15, -0.1) is 5.10 Å². The molecule has 160 valence electrons. The number of nitrogens with one attached hydrogen (secondary N) is 2. The number of quaternary nitrogens is 1. The van der Waals surface area contributed by atoms with Gasteiger partial charge in [-0.05, 0) is 93.8 Å². The summed E-state index contributed by atoms with van der Waals surface area (Å²) in [7, 11) is 0. The fourth-order valence-corrected chi connectivity index (χ4v) is 4.78. The summed E-state index contributed by atoms with van der Waals surface area (Å²) in [6.07, 6.45) is 4.80. The van der Waals surface area contributed by atoms with Gasteiger partial charge in [-0.25, -0.2) is 4.68 Å². The number of likely N-dealkylation sites (tertiary alicyclic amines) is 1. The average molecular weight is 410 g/mol. The quantitative estimate of drug-likeness (QED) is 0.696. The van der Waals surface area contributed by atoms with Crippen LogP contribution in [0.1, 0.15) is 75.0 Å². The zero-order valence-corrected chi connectivity index (χ0v) is 18.7. The summed E-state index contributed by atoms with van der Waals surface area (Å²) in [6.45, 7) is 12.5. The average Bonchev–Trinajstić information content (AvgIpc) is 3.00. The molecule has 1 saturated heterocycles. The van der Waals surface area contributed by atoms with Crippen molar-refractivity contribution in [2.45, 2.75) is 71.9 Å². The first-order valence-corrected chi connectivity index (χ1v) is 11.0. The van der Waals surface area contributed by atoms with E-state index in [0.717, 1.165) is 53.8 Å². The lowest BCUT2D eigenvalue weighted by Crippen LogP contribution is -3.12. The number of aromatic nitrogens is 5. The van der Waals surface area contributed by atoms with Crippen LogP contribution in [-0.2, 0) is 5.54 Å². The molecule has 7 heteroatoms. The van der Waals surface area contributed by atoms with Gasteiger partial charge < -0.3 is 9.88 Å². The fraction of sp³-hybridized carbons (Fsp3) is 0.565. The summed E-state index contributed by atoms with van der Waals surface area (Å²) in [5.74, 6) is 0.772. The van der Waals surface area contributed by atoms with Gasteiger partial charge in [0.2, 0.25) is 5.82 Å². The van der Waals surface area contributed by atoms with Crippen molar-refractivity contribution in [2.75, 3.05) is 13.1 Å². The standard InChI is InChI=1S/C23H32N6O/c1-15-12-16(2)19-17(13-15)14-18(22(30)24-19)20(28-10-8-6-7-9-11-28)21-25-26-27-29(21)23(3,4)5/h12-14,20H,6-11H2,1-5H3,(H,24,30)/p+1/t20-/m0/s1. The maximum absolute atomic E-state index is 13.3. The number of aromatic amines is 1. The third kappa shape index (κ3) is 3.90. The predicted octanol–water partition coefficient (Wildman–Crippen LogP) is 2.43. The predicted molar refractivity (Wildman–Crippen MR) is 118 cm³/mol. The smallest absolute Gasteiger partial charge is 0.258 e. The first-order chi connectivity index (χ1) is 14.3. The molecule has 1 atom stereocenters. The van der Waals surface area contributed by atoms with E-state index in [-0.39, 0.29) is 17.1 Å². The summed E-state index contributed by atoms with van der Waals surface area (Å²) >= 11 is 0. The number of hydrogen-bond acceptors (Lipinski definition) is 4. The van der Waals surface area contributed by atoms with E-state index in [0.29, 0.717) is 0 Å². The number of fused-ring (bicyclic) bond motifs is 1. The molecule has 0 unspecified atom stereocenters. The minimum Gasteiger partial charge on any atom is -0.322 e. The topological polar surface area (TPSA) is 80.9 Å². The maximum Gasteiger partial charge on any atom is 0.258 e. The molecular weight excluding hydrogens is 376 g/mol. The highest BCUT2D eigenvalue weighted by Crippen LogP contribution is 2.24. The van der Waals surface area contributed by atoms with E-state index < -0.39 is 0 Å². The van der Waals surface area contributed by atoms with E-state index in [9.17, 15) is 4.79 Å². The van der Waals surface area contributed by atoms with Crippen molar-refractivity contribution in [1.29, 1.82) is 0 Å². The van der Waals surface area contributed by atoms with E-state index >= 15 is 0 Å². The van der Waals surface area contributed by atoms with E-state index in [1.807, 2.05) is 11.6 Å². The lowest BCUT2D eigenvalue weighted by molar-refractivity contribution is -0.925. The Morgan fingerprint density at radius 1 is 1.07 bits per heavy atom.